The first-order valence-corrected chi connectivity index (χ1v) is 9.78. The number of para-hydroxylation sites is 2. The van der Waals surface area contributed by atoms with Gasteiger partial charge in [0.1, 0.15) is 5.75 Å². The Morgan fingerprint density at radius 3 is 2.48 bits per heavy atom. The molecule has 1 amide bonds. The van der Waals surface area contributed by atoms with Gasteiger partial charge in [0.2, 0.25) is 0 Å². The molecular weight excluding hydrogens is 338 g/mol. The molecule has 27 heavy (non-hydrogen) atoms. The Morgan fingerprint density at radius 1 is 0.926 bits per heavy atom. The minimum absolute atomic E-state index is 0.0283. The summed E-state index contributed by atoms with van der Waals surface area (Å²) in [5.41, 5.74) is 2.81. The Kier molecular flexibility index (Phi) is 5.30. The molecule has 1 saturated heterocycles. The summed E-state index contributed by atoms with van der Waals surface area (Å²) in [6, 6.07) is 15.6. The van der Waals surface area contributed by atoms with Gasteiger partial charge in [-0.25, -0.2) is 0 Å². The van der Waals surface area contributed by atoms with Gasteiger partial charge in [-0.2, -0.15) is 0 Å². The van der Waals surface area contributed by atoms with Gasteiger partial charge in [0, 0.05) is 31.7 Å². The van der Waals surface area contributed by atoms with E-state index in [4.69, 9.17) is 4.74 Å². The number of likely N-dealkylation sites (tertiary alicyclic amines) is 1. The first-order chi connectivity index (χ1) is 13.3. The Labute approximate surface area is 161 Å². The van der Waals surface area contributed by atoms with Crippen LogP contribution in [0.2, 0.25) is 0 Å². The Morgan fingerprint density at radius 2 is 1.70 bits per heavy atom. The molecule has 5 nitrogen and oxygen atoms in total. The second-order valence-electron chi connectivity index (χ2n) is 7.21. The summed E-state index contributed by atoms with van der Waals surface area (Å²) in [4.78, 5) is 20.0. The average Bonchev–Trinajstić information content (AvgIpc) is 3.25. The summed E-state index contributed by atoms with van der Waals surface area (Å²) in [5.74, 6) is 0.735. The molecule has 142 valence electrons. The van der Waals surface area contributed by atoms with Gasteiger partial charge in [0.05, 0.1) is 18.5 Å². The molecule has 2 aliphatic rings. The summed E-state index contributed by atoms with van der Waals surface area (Å²) < 4.78 is 5.28. The summed E-state index contributed by atoms with van der Waals surface area (Å²) in [6.45, 7) is 6.11. The highest BCUT2D eigenvalue weighted by molar-refractivity contribution is 6.08. The maximum Gasteiger partial charge on any atom is 0.258 e. The SMILES string of the molecule is COc1cccc(C(=O)N2CCN(CCN3CCCC3)c3ccccc32)c1. The third-order valence-corrected chi connectivity index (χ3v) is 5.55. The number of amides is 1. The second-order valence-corrected chi connectivity index (χ2v) is 7.21. The molecule has 0 atom stereocenters. The van der Waals surface area contributed by atoms with Crippen LogP contribution in [0.3, 0.4) is 0 Å². The predicted molar refractivity (Wildman–Crippen MR) is 109 cm³/mol. The van der Waals surface area contributed by atoms with Crippen molar-refractivity contribution >= 4 is 17.3 Å². The Balaban J connectivity index is 1.54. The number of hydrogen-bond donors (Lipinski definition) is 0. The molecule has 5 heteroatoms. The van der Waals surface area contributed by atoms with E-state index in [0.29, 0.717) is 17.9 Å². The number of anilines is 2. The van der Waals surface area contributed by atoms with E-state index in [0.717, 1.165) is 31.0 Å². The minimum Gasteiger partial charge on any atom is -0.497 e. The van der Waals surface area contributed by atoms with Crippen LogP contribution in [0.5, 0.6) is 5.75 Å². The predicted octanol–water partition coefficient (Wildman–Crippen LogP) is 3.26. The number of benzene rings is 2. The first kappa shape index (κ1) is 17.9. The van der Waals surface area contributed by atoms with Crippen LogP contribution in [-0.2, 0) is 0 Å². The standard InChI is InChI=1S/C22H27N3O2/c1-27-19-8-6-7-18(17-19)22(26)25-16-15-24(14-13-23-11-4-5-12-23)20-9-2-3-10-21(20)25/h2-3,6-10,17H,4-5,11-16H2,1H3. The number of hydrogen-bond acceptors (Lipinski definition) is 4. The number of carbonyl (C=O) groups excluding carboxylic acids is 1. The zero-order valence-electron chi connectivity index (χ0n) is 15.9. The van der Waals surface area contributed by atoms with Crippen molar-refractivity contribution in [2.45, 2.75) is 12.8 Å². The van der Waals surface area contributed by atoms with Crippen LogP contribution in [-0.4, -0.2) is 57.2 Å². The van der Waals surface area contributed by atoms with Crippen molar-refractivity contribution in [2.75, 3.05) is 56.2 Å². The molecule has 2 heterocycles. The van der Waals surface area contributed by atoms with Crippen LogP contribution in [0.25, 0.3) is 0 Å². The van der Waals surface area contributed by atoms with Crippen LogP contribution in [0.1, 0.15) is 23.2 Å². The lowest BCUT2D eigenvalue weighted by Crippen LogP contribution is -2.46. The lowest BCUT2D eigenvalue weighted by molar-refractivity contribution is 0.0986. The van der Waals surface area contributed by atoms with E-state index < -0.39 is 0 Å². The van der Waals surface area contributed by atoms with Crippen molar-refractivity contribution in [1.82, 2.24) is 4.90 Å². The van der Waals surface area contributed by atoms with Crippen LogP contribution in [0, 0.1) is 0 Å². The molecule has 0 radical (unpaired) electrons. The average molecular weight is 365 g/mol. The van der Waals surface area contributed by atoms with Crippen LogP contribution in [0.15, 0.2) is 48.5 Å². The van der Waals surface area contributed by atoms with Gasteiger partial charge < -0.3 is 19.4 Å². The van der Waals surface area contributed by atoms with Crippen molar-refractivity contribution in [2.24, 2.45) is 0 Å². The largest absolute Gasteiger partial charge is 0.497 e. The molecule has 1 fully saturated rings. The van der Waals surface area contributed by atoms with E-state index in [-0.39, 0.29) is 5.91 Å². The summed E-state index contributed by atoms with van der Waals surface area (Å²) in [5, 5.41) is 0. The van der Waals surface area contributed by atoms with Crippen molar-refractivity contribution in [3.05, 3.63) is 54.1 Å². The summed E-state index contributed by atoms with van der Waals surface area (Å²) in [6.07, 6.45) is 2.64. The Hall–Kier alpha value is -2.53. The molecule has 0 aliphatic carbocycles. The zero-order valence-corrected chi connectivity index (χ0v) is 15.9. The van der Waals surface area contributed by atoms with Gasteiger partial charge in [-0.05, 0) is 56.3 Å². The fraction of sp³-hybridized carbons (Fsp3) is 0.409. The van der Waals surface area contributed by atoms with Gasteiger partial charge in [-0.15, -0.1) is 0 Å². The highest BCUT2D eigenvalue weighted by Gasteiger charge is 2.27. The van der Waals surface area contributed by atoms with Gasteiger partial charge in [-0.1, -0.05) is 18.2 Å². The first-order valence-electron chi connectivity index (χ1n) is 9.78. The lowest BCUT2D eigenvalue weighted by Gasteiger charge is -2.38. The minimum atomic E-state index is 0.0283. The second kappa shape index (κ2) is 8.01. The van der Waals surface area contributed by atoms with E-state index in [1.807, 2.05) is 35.2 Å². The van der Waals surface area contributed by atoms with Crippen molar-refractivity contribution in [3.63, 3.8) is 0 Å². The number of fused-ring (bicyclic) bond motifs is 1. The maximum atomic E-state index is 13.1. The van der Waals surface area contributed by atoms with Crippen LogP contribution in [0.4, 0.5) is 11.4 Å². The molecule has 4 rings (SSSR count). The van der Waals surface area contributed by atoms with Gasteiger partial charge in [-0.3, -0.25) is 4.79 Å². The molecule has 2 aliphatic heterocycles. The number of nitrogens with zero attached hydrogens (tertiary/aromatic N) is 3. The van der Waals surface area contributed by atoms with Crippen molar-refractivity contribution < 1.29 is 9.53 Å². The van der Waals surface area contributed by atoms with Crippen LogP contribution < -0.4 is 14.5 Å². The molecule has 2 aromatic rings. The Bertz CT molecular complexity index is 802. The third-order valence-electron chi connectivity index (χ3n) is 5.55. The highest BCUT2D eigenvalue weighted by Crippen LogP contribution is 2.34. The van der Waals surface area contributed by atoms with E-state index >= 15 is 0 Å². The smallest absolute Gasteiger partial charge is 0.258 e. The fourth-order valence-corrected chi connectivity index (χ4v) is 4.04. The maximum absolute atomic E-state index is 13.1. The van der Waals surface area contributed by atoms with E-state index in [1.165, 1.54) is 25.9 Å². The normalized spacial score (nSPS) is 17.1. The molecular formula is C22H27N3O2. The van der Waals surface area contributed by atoms with Gasteiger partial charge in [0.15, 0.2) is 0 Å². The van der Waals surface area contributed by atoms with Gasteiger partial charge in [0.25, 0.3) is 5.91 Å². The summed E-state index contributed by atoms with van der Waals surface area (Å²) in [7, 11) is 1.62. The zero-order chi connectivity index (χ0) is 18.6. The molecule has 0 aromatic heterocycles. The number of ether oxygens (including phenoxy) is 1. The fourth-order valence-electron chi connectivity index (χ4n) is 4.04. The quantitative estimate of drug-likeness (QED) is 0.815. The van der Waals surface area contributed by atoms with Crippen LogP contribution >= 0.6 is 0 Å². The number of carbonyl (C=O) groups is 1. The lowest BCUT2D eigenvalue weighted by atomic mass is 10.1. The molecule has 0 bridgehead atoms. The molecule has 0 saturated carbocycles. The molecule has 2 aromatic carbocycles. The van der Waals surface area contributed by atoms with E-state index in [2.05, 4.69) is 28.0 Å². The third kappa shape index (κ3) is 3.78. The monoisotopic (exact) mass is 365 g/mol. The highest BCUT2D eigenvalue weighted by atomic mass is 16.5. The topological polar surface area (TPSA) is 36.0 Å². The van der Waals surface area contributed by atoms with E-state index in [1.54, 1.807) is 7.11 Å². The molecule has 0 unspecified atom stereocenters. The number of methoxy groups -OCH3 is 1. The van der Waals surface area contributed by atoms with Crippen molar-refractivity contribution in [3.8, 4) is 5.75 Å². The number of rotatable bonds is 5. The van der Waals surface area contributed by atoms with E-state index in [9.17, 15) is 4.79 Å². The molecule has 0 N–H and O–H groups in total. The summed E-state index contributed by atoms with van der Waals surface area (Å²) >= 11 is 0. The van der Waals surface area contributed by atoms with Crippen molar-refractivity contribution in [1.29, 1.82) is 0 Å². The molecule has 0 spiro atoms. The van der Waals surface area contributed by atoms with Gasteiger partial charge >= 0.3 is 0 Å².